The molecule has 2 heterocycles. The van der Waals surface area contributed by atoms with Crippen molar-refractivity contribution in [3.05, 3.63) is 72.8 Å². The van der Waals surface area contributed by atoms with Crippen molar-refractivity contribution in [1.29, 1.82) is 4.78 Å². The Balaban J connectivity index is 1.47. The fourth-order valence-electron chi connectivity index (χ4n) is 4.18. The Hall–Kier alpha value is -3.11. The Labute approximate surface area is 186 Å². The Morgan fingerprint density at radius 1 is 1.00 bits per heavy atom. The first-order valence-electron chi connectivity index (χ1n) is 10.3. The Morgan fingerprint density at radius 3 is 2.31 bits per heavy atom. The maximum Gasteiger partial charge on any atom is 0.151 e. The van der Waals surface area contributed by atoms with E-state index in [1.807, 2.05) is 53.4 Å². The van der Waals surface area contributed by atoms with Crippen molar-refractivity contribution in [2.24, 2.45) is 0 Å². The first-order chi connectivity index (χ1) is 15.4. The lowest BCUT2D eigenvalue weighted by Gasteiger charge is -2.44. The van der Waals surface area contributed by atoms with Crippen LogP contribution in [0.4, 0.5) is 17.1 Å². The fraction of sp³-hybridized carbons (Fsp3) is 0.217. The standard InChI is InChI=1S/C23H24N4O4S/c24-15-6-5-7-16(12-15)32(25,29)26-17-13-30-14-20(23(17)28)27-18-8-1-3-10-21(18)31-22-11-4-2-9-19(22)27/h1-12,17,20,23,28H,13-14,24H2,(H2,25,26,29). The van der Waals surface area contributed by atoms with Gasteiger partial charge >= 0.3 is 0 Å². The first kappa shape index (κ1) is 20.8. The van der Waals surface area contributed by atoms with Gasteiger partial charge in [0.25, 0.3) is 0 Å². The Morgan fingerprint density at radius 2 is 1.66 bits per heavy atom. The van der Waals surface area contributed by atoms with Crippen LogP contribution in [0, 0.1) is 4.78 Å². The molecule has 0 aliphatic carbocycles. The molecule has 3 aromatic rings. The summed E-state index contributed by atoms with van der Waals surface area (Å²) in [6.45, 7) is 0.392. The molecule has 1 fully saturated rings. The Bertz CT molecular complexity index is 1200. The summed E-state index contributed by atoms with van der Waals surface area (Å²) >= 11 is 0. The number of fused-ring (bicyclic) bond motifs is 2. The molecule has 8 nitrogen and oxygen atoms in total. The molecule has 3 aromatic carbocycles. The van der Waals surface area contributed by atoms with Gasteiger partial charge in [0, 0.05) is 5.69 Å². The highest BCUT2D eigenvalue weighted by Gasteiger charge is 2.41. The van der Waals surface area contributed by atoms with Crippen molar-refractivity contribution >= 4 is 27.0 Å². The molecular formula is C23H24N4O4S. The maximum atomic E-state index is 13.1. The highest BCUT2D eigenvalue weighted by molar-refractivity contribution is 7.90. The van der Waals surface area contributed by atoms with Gasteiger partial charge in [-0.05, 0) is 42.5 Å². The highest BCUT2D eigenvalue weighted by Crippen LogP contribution is 2.48. The number of aliphatic hydroxyl groups excluding tert-OH is 1. The number of ether oxygens (including phenoxy) is 2. The number of nitrogens with zero attached hydrogens (tertiary/aromatic N) is 1. The number of hydrogen-bond acceptors (Lipinski definition) is 7. The van der Waals surface area contributed by atoms with Crippen LogP contribution in [-0.2, 0) is 14.7 Å². The highest BCUT2D eigenvalue weighted by atomic mass is 32.2. The predicted octanol–water partition coefficient (Wildman–Crippen LogP) is 3.25. The zero-order valence-electron chi connectivity index (χ0n) is 17.2. The van der Waals surface area contributed by atoms with Crippen molar-refractivity contribution in [3.63, 3.8) is 0 Å². The number of nitrogens with two attached hydrogens (primary N) is 1. The van der Waals surface area contributed by atoms with Crippen LogP contribution in [0.5, 0.6) is 11.5 Å². The van der Waals surface area contributed by atoms with Crippen molar-refractivity contribution in [2.75, 3.05) is 23.8 Å². The average Bonchev–Trinajstić information content (AvgIpc) is 2.79. The number of anilines is 3. The van der Waals surface area contributed by atoms with Gasteiger partial charge in [0.1, 0.15) is 9.92 Å². The van der Waals surface area contributed by atoms with Gasteiger partial charge in [0.15, 0.2) is 11.5 Å². The average molecular weight is 453 g/mol. The largest absolute Gasteiger partial charge is 0.453 e. The smallest absolute Gasteiger partial charge is 0.151 e. The van der Waals surface area contributed by atoms with Crippen LogP contribution in [0.2, 0.25) is 0 Å². The van der Waals surface area contributed by atoms with E-state index in [9.17, 15) is 9.32 Å². The molecule has 0 bridgehead atoms. The molecule has 32 heavy (non-hydrogen) atoms. The summed E-state index contributed by atoms with van der Waals surface area (Å²) < 4.78 is 36.2. The molecule has 9 heteroatoms. The lowest BCUT2D eigenvalue weighted by molar-refractivity contribution is -0.0242. The second-order valence-corrected chi connectivity index (χ2v) is 9.68. The van der Waals surface area contributed by atoms with Gasteiger partial charge in [-0.1, -0.05) is 30.3 Å². The van der Waals surface area contributed by atoms with E-state index in [1.165, 1.54) is 6.07 Å². The second kappa shape index (κ2) is 8.10. The number of benzene rings is 3. The molecule has 5 N–H and O–H groups in total. The number of rotatable bonds is 4. The van der Waals surface area contributed by atoms with E-state index in [2.05, 4.69) is 4.72 Å². The SMILES string of the molecule is N=S(=O)(NC1COCC(N2c3ccccc3Oc3ccccc32)C1O)c1cccc(N)c1. The summed E-state index contributed by atoms with van der Waals surface area (Å²) in [5.74, 6) is 1.36. The molecule has 4 atom stereocenters. The van der Waals surface area contributed by atoms with Crippen LogP contribution < -0.4 is 20.1 Å². The molecule has 1 saturated heterocycles. The molecule has 0 radical (unpaired) electrons. The first-order valence-corrected chi connectivity index (χ1v) is 11.8. The summed E-state index contributed by atoms with van der Waals surface area (Å²) in [6, 6.07) is 20.4. The van der Waals surface area contributed by atoms with Gasteiger partial charge in [-0.3, -0.25) is 0 Å². The number of nitrogen functional groups attached to an aromatic ring is 1. The lowest BCUT2D eigenvalue weighted by atomic mass is 9.98. The summed E-state index contributed by atoms with van der Waals surface area (Å²) in [5, 5.41) is 11.3. The third-order valence-electron chi connectivity index (χ3n) is 5.70. The van der Waals surface area contributed by atoms with E-state index >= 15 is 0 Å². The fourth-order valence-corrected chi connectivity index (χ4v) is 5.52. The third-order valence-corrected chi connectivity index (χ3v) is 7.25. The monoisotopic (exact) mass is 452 g/mol. The van der Waals surface area contributed by atoms with Crippen LogP contribution >= 0.6 is 0 Å². The summed E-state index contributed by atoms with van der Waals surface area (Å²) in [6.07, 6.45) is -0.963. The minimum Gasteiger partial charge on any atom is -0.453 e. The normalized spacial score (nSPS) is 24.0. The quantitative estimate of drug-likeness (QED) is 0.451. The number of para-hydroxylation sites is 4. The van der Waals surface area contributed by atoms with Gasteiger partial charge < -0.3 is 25.2 Å². The van der Waals surface area contributed by atoms with E-state index in [-0.39, 0.29) is 18.1 Å². The summed E-state index contributed by atoms with van der Waals surface area (Å²) in [5.41, 5.74) is 7.83. The summed E-state index contributed by atoms with van der Waals surface area (Å²) in [7, 11) is -3.40. The topological polar surface area (TPSA) is 121 Å². The van der Waals surface area contributed by atoms with E-state index in [1.54, 1.807) is 18.2 Å². The molecule has 4 unspecified atom stereocenters. The van der Waals surface area contributed by atoms with Gasteiger partial charge in [-0.15, -0.1) is 0 Å². The molecule has 2 aliphatic heterocycles. The molecular weight excluding hydrogens is 428 g/mol. The molecule has 166 valence electrons. The van der Waals surface area contributed by atoms with E-state index in [0.29, 0.717) is 17.2 Å². The van der Waals surface area contributed by atoms with Gasteiger partial charge in [0.05, 0.1) is 47.7 Å². The van der Waals surface area contributed by atoms with Gasteiger partial charge in [-0.25, -0.2) is 13.7 Å². The van der Waals surface area contributed by atoms with Crippen LogP contribution in [0.3, 0.4) is 0 Å². The van der Waals surface area contributed by atoms with Crippen LogP contribution in [0.25, 0.3) is 0 Å². The van der Waals surface area contributed by atoms with Crippen LogP contribution in [0.1, 0.15) is 0 Å². The predicted molar refractivity (Wildman–Crippen MR) is 123 cm³/mol. The third kappa shape index (κ3) is 3.69. The number of hydrogen-bond donors (Lipinski definition) is 4. The molecule has 2 aliphatic rings. The van der Waals surface area contributed by atoms with Crippen LogP contribution in [-0.4, -0.2) is 40.7 Å². The van der Waals surface area contributed by atoms with Gasteiger partial charge in [-0.2, -0.15) is 0 Å². The Kier molecular flexibility index (Phi) is 5.26. The van der Waals surface area contributed by atoms with Crippen molar-refractivity contribution in [2.45, 2.75) is 23.1 Å². The lowest BCUT2D eigenvalue weighted by Crippen LogP contribution is -2.60. The van der Waals surface area contributed by atoms with Crippen molar-refractivity contribution in [3.8, 4) is 11.5 Å². The maximum absolute atomic E-state index is 13.1. The van der Waals surface area contributed by atoms with E-state index in [4.69, 9.17) is 20.0 Å². The molecule has 0 spiro atoms. The van der Waals surface area contributed by atoms with Crippen molar-refractivity contribution < 1.29 is 18.8 Å². The second-order valence-electron chi connectivity index (χ2n) is 7.86. The van der Waals surface area contributed by atoms with E-state index in [0.717, 1.165) is 11.4 Å². The molecule has 5 rings (SSSR count). The number of nitrogens with one attached hydrogen (secondary N) is 2. The number of aliphatic hydroxyl groups is 1. The zero-order chi connectivity index (χ0) is 22.3. The zero-order valence-corrected chi connectivity index (χ0v) is 18.0. The molecule has 0 aromatic heterocycles. The van der Waals surface area contributed by atoms with Crippen LogP contribution in [0.15, 0.2) is 77.7 Å². The van der Waals surface area contributed by atoms with Gasteiger partial charge in [0.2, 0.25) is 0 Å². The molecule has 0 amide bonds. The summed E-state index contributed by atoms with van der Waals surface area (Å²) in [4.78, 5) is 2.26. The minimum atomic E-state index is -3.40. The van der Waals surface area contributed by atoms with Crippen molar-refractivity contribution in [1.82, 2.24) is 4.72 Å². The van der Waals surface area contributed by atoms with E-state index < -0.39 is 28.1 Å². The molecule has 0 saturated carbocycles. The minimum absolute atomic E-state index is 0.128.